The van der Waals surface area contributed by atoms with E-state index >= 15 is 0 Å². The highest BCUT2D eigenvalue weighted by Gasteiger charge is 2.20. The molecule has 0 spiro atoms. The van der Waals surface area contributed by atoms with Crippen molar-refractivity contribution in [1.29, 1.82) is 0 Å². The minimum absolute atomic E-state index is 0.244. The molecular formula is C6H10O5S2. The summed E-state index contributed by atoms with van der Waals surface area (Å²) < 4.78 is 47.6. The molecule has 0 bridgehead atoms. The van der Waals surface area contributed by atoms with Gasteiger partial charge < -0.3 is 0 Å². The van der Waals surface area contributed by atoms with Crippen LogP contribution in [0.4, 0.5) is 0 Å². The Balaban J connectivity index is 4.47. The average molecular weight is 226 g/mol. The SMILES string of the molecule is C#CCOS(=O)(=O)CS(=O)(=O)CC. The van der Waals surface area contributed by atoms with Crippen LogP contribution in [0.25, 0.3) is 0 Å². The first-order valence-corrected chi connectivity index (χ1v) is 6.74. The molecule has 0 fully saturated rings. The van der Waals surface area contributed by atoms with Gasteiger partial charge in [-0.05, 0) is 0 Å². The van der Waals surface area contributed by atoms with E-state index < -0.39 is 31.6 Å². The zero-order chi connectivity index (χ0) is 10.5. The zero-order valence-corrected chi connectivity index (χ0v) is 8.69. The largest absolute Gasteiger partial charge is 0.282 e. The van der Waals surface area contributed by atoms with Crippen LogP contribution in [0, 0.1) is 12.3 Å². The fourth-order valence-corrected chi connectivity index (χ4v) is 3.41. The van der Waals surface area contributed by atoms with Crippen molar-refractivity contribution in [3.63, 3.8) is 0 Å². The maximum Gasteiger partial charge on any atom is 0.282 e. The Bertz CT molecular complexity index is 383. The fourth-order valence-electron chi connectivity index (χ4n) is 0.461. The van der Waals surface area contributed by atoms with Crippen molar-refractivity contribution >= 4 is 20.0 Å². The minimum Gasteiger partial charge on any atom is -0.256 e. The maximum absolute atomic E-state index is 10.9. The molecule has 0 aromatic heterocycles. The van der Waals surface area contributed by atoms with Crippen LogP contribution in [-0.2, 0) is 24.1 Å². The lowest BCUT2D eigenvalue weighted by Gasteiger charge is -2.01. The first kappa shape index (κ1) is 12.4. The van der Waals surface area contributed by atoms with Gasteiger partial charge in [-0.15, -0.1) is 6.42 Å². The quantitative estimate of drug-likeness (QED) is 0.460. The summed E-state index contributed by atoms with van der Waals surface area (Å²) in [6.07, 6.45) is 4.74. The van der Waals surface area contributed by atoms with Gasteiger partial charge in [-0.2, -0.15) is 8.42 Å². The highest BCUT2D eigenvalue weighted by Crippen LogP contribution is 2.00. The molecular weight excluding hydrogens is 216 g/mol. The van der Waals surface area contributed by atoms with Gasteiger partial charge >= 0.3 is 0 Å². The molecule has 0 atom stereocenters. The Morgan fingerprint density at radius 2 is 1.85 bits per heavy atom. The lowest BCUT2D eigenvalue weighted by Crippen LogP contribution is -2.20. The van der Waals surface area contributed by atoms with E-state index in [0.717, 1.165) is 0 Å². The third kappa shape index (κ3) is 5.63. The van der Waals surface area contributed by atoms with Gasteiger partial charge in [0.05, 0.1) is 0 Å². The van der Waals surface area contributed by atoms with Gasteiger partial charge in [0.1, 0.15) is 6.61 Å². The summed E-state index contributed by atoms with van der Waals surface area (Å²) >= 11 is 0. The molecule has 0 unspecified atom stereocenters. The van der Waals surface area contributed by atoms with Gasteiger partial charge in [0.15, 0.2) is 14.9 Å². The second-order valence-electron chi connectivity index (χ2n) is 2.17. The highest BCUT2D eigenvalue weighted by atomic mass is 32.3. The third-order valence-electron chi connectivity index (χ3n) is 1.09. The molecule has 0 saturated heterocycles. The molecule has 13 heavy (non-hydrogen) atoms. The molecule has 0 aliphatic heterocycles. The molecule has 5 nitrogen and oxygen atoms in total. The number of rotatable bonds is 5. The molecule has 0 saturated carbocycles. The third-order valence-corrected chi connectivity index (χ3v) is 5.03. The monoisotopic (exact) mass is 226 g/mol. The predicted octanol–water partition coefficient (Wildman–Crippen LogP) is -0.642. The Hall–Kier alpha value is -0.580. The second-order valence-corrected chi connectivity index (χ2v) is 6.53. The van der Waals surface area contributed by atoms with Crippen LogP contribution < -0.4 is 0 Å². The highest BCUT2D eigenvalue weighted by molar-refractivity contribution is 8.06. The molecule has 0 rings (SSSR count). The van der Waals surface area contributed by atoms with Crippen molar-refractivity contribution in [2.45, 2.75) is 6.92 Å². The lowest BCUT2D eigenvalue weighted by molar-refractivity contribution is 0.366. The molecule has 0 radical (unpaired) electrons. The maximum atomic E-state index is 10.9. The Kier molecular flexibility index (Phi) is 4.39. The van der Waals surface area contributed by atoms with E-state index in [1.54, 1.807) is 0 Å². The van der Waals surface area contributed by atoms with Gasteiger partial charge in [-0.25, -0.2) is 8.42 Å². The molecule has 0 aromatic carbocycles. The summed E-state index contributed by atoms with van der Waals surface area (Å²) in [6.45, 7) is 0.910. The number of hydrogen-bond donors (Lipinski definition) is 0. The fraction of sp³-hybridized carbons (Fsp3) is 0.667. The molecule has 0 aliphatic rings. The minimum atomic E-state index is -4.04. The van der Waals surface area contributed by atoms with Crippen LogP contribution in [-0.4, -0.2) is 34.3 Å². The van der Waals surface area contributed by atoms with E-state index in [-0.39, 0.29) is 5.75 Å². The van der Waals surface area contributed by atoms with Gasteiger partial charge in [0.2, 0.25) is 0 Å². The van der Waals surface area contributed by atoms with Crippen molar-refractivity contribution in [3.8, 4) is 12.3 Å². The summed E-state index contributed by atoms with van der Waals surface area (Å²) in [5.41, 5.74) is 0. The van der Waals surface area contributed by atoms with Crippen LogP contribution in [0.1, 0.15) is 6.92 Å². The first-order valence-electron chi connectivity index (χ1n) is 3.34. The average Bonchev–Trinajstić information content (AvgIpc) is 1.99. The predicted molar refractivity (Wildman–Crippen MR) is 48.0 cm³/mol. The van der Waals surface area contributed by atoms with Crippen molar-refractivity contribution in [3.05, 3.63) is 0 Å². The summed E-state index contributed by atoms with van der Waals surface area (Å²) in [5, 5.41) is -1.02. The van der Waals surface area contributed by atoms with E-state index in [4.69, 9.17) is 6.42 Å². The summed E-state index contributed by atoms with van der Waals surface area (Å²) in [6, 6.07) is 0. The van der Waals surface area contributed by atoms with Crippen LogP contribution in [0.15, 0.2) is 0 Å². The van der Waals surface area contributed by atoms with Crippen molar-refractivity contribution in [1.82, 2.24) is 0 Å². The van der Waals surface area contributed by atoms with E-state index in [1.807, 2.05) is 5.92 Å². The normalized spacial score (nSPS) is 12.3. The topological polar surface area (TPSA) is 77.5 Å². The molecule has 0 aliphatic carbocycles. The van der Waals surface area contributed by atoms with Gasteiger partial charge in [-0.3, -0.25) is 4.18 Å². The molecule has 0 amide bonds. The molecule has 0 aromatic rings. The number of sulfone groups is 1. The Labute approximate surface area is 78.1 Å². The van der Waals surface area contributed by atoms with E-state index in [2.05, 4.69) is 4.18 Å². The Morgan fingerprint density at radius 1 is 1.31 bits per heavy atom. The van der Waals surface area contributed by atoms with Crippen molar-refractivity contribution < 1.29 is 21.0 Å². The summed E-state index contributed by atoms with van der Waals surface area (Å²) in [4.78, 5) is 0. The van der Waals surface area contributed by atoms with Crippen LogP contribution in [0.5, 0.6) is 0 Å². The van der Waals surface area contributed by atoms with Gasteiger partial charge in [0.25, 0.3) is 10.1 Å². The molecule has 76 valence electrons. The van der Waals surface area contributed by atoms with E-state index in [0.29, 0.717) is 0 Å². The first-order chi connectivity index (χ1) is 5.83. The van der Waals surface area contributed by atoms with Crippen LogP contribution >= 0.6 is 0 Å². The second kappa shape index (κ2) is 4.60. The standard InChI is InChI=1S/C6H10O5S2/c1-3-5-11-13(9,10)6-12(7,8)4-2/h1H,4-6H2,2H3. The van der Waals surface area contributed by atoms with Gasteiger partial charge in [0, 0.05) is 5.75 Å². The van der Waals surface area contributed by atoms with Crippen LogP contribution in [0.3, 0.4) is 0 Å². The smallest absolute Gasteiger partial charge is 0.256 e. The zero-order valence-electron chi connectivity index (χ0n) is 7.06. The summed E-state index contributed by atoms with van der Waals surface area (Å²) in [5.74, 6) is 1.69. The Morgan fingerprint density at radius 3 is 2.23 bits per heavy atom. The van der Waals surface area contributed by atoms with Crippen molar-refractivity contribution in [2.75, 3.05) is 17.4 Å². The van der Waals surface area contributed by atoms with Crippen molar-refractivity contribution in [2.24, 2.45) is 0 Å². The number of hydrogen-bond acceptors (Lipinski definition) is 5. The lowest BCUT2D eigenvalue weighted by atomic mass is 10.8. The van der Waals surface area contributed by atoms with E-state index in [9.17, 15) is 16.8 Å². The molecule has 0 heterocycles. The van der Waals surface area contributed by atoms with Gasteiger partial charge in [-0.1, -0.05) is 12.8 Å². The molecule has 7 heteroatoms. The molecule has 0 N–H and O–H groups in total. The number of terminal acetylenes is 1. The van der Waals surface area contributed by atoms with Crippen LogP contribution in [0.2, 0.25) is 0 Å². The van der Waals surface area contributed by atoms with E-state index in [1.165, 1.54) is 6.92 Å². The summed E-state index contributed by atoms with van der Waals surface area (Å²) in [7, 11) is -7.63.